The van der Waals surface area contributed by atoms with Gasteiger partial charge in [0.05, 0.1) is 0 Å². The topological polar surface area (TPSA) is 42.2 Å². The number of hydrogen-bond acceptors (Lipinski definition) is 4. The predicted molar refractivity (Wildman–Crippen MR) is 77.4 cm³/mol. The summed E-state index contributed by atoms with van der Waals surface area (Å²) in [5.74, 6) is 0.634. The fraction of sp³-hybridized carbons (Fsp3) is 0.357. The average Bonchev–Trinajstić information content (AvgIpc) is 2.83. The molecule has 2 rings (SSSR count). The number of thiophene rings is 1. The molecule has 0 radical (unpaired) electrons. The van der Waals surface area contributed by atoms with E-state index in [4.69, 9.17) is 5.73 Å². The van der Waals surface area contributed by atoms with Crippen molar-refractivity contribution in [3.8, 4) is 0 Å². The first kappa shape index (κ1) is 13.1. The molecule has 0 saturated heterocycles. The second kappa shape index (κ2) is 5.98. The summed E-state index contributed by atoms with van der Waals surface area (Å²) in [6.07, 6.45) is 1.73. The number of nitrogens with two attached hydrogens (primary N) is 1. The number of rotatable bonds is 5. The van der Waals surface area contributed by atoms with Gasteiger partial charge in [0.2, 0.25) is 0 Å². The molecular formula is C14H19N3S. The summed E-state index contributed by atoms with van der Waals surface area (Å²) in [5, 5.41) is 2.12. The maximum atomic E-state index is 5.91. The Hall–Kier alpha value is -1.39. The van der Waals surface area contributed by atoms with E-state index < -0.39 is 0 Å². The molecule has 0 fully saturated rings. The molecule has 0 atom stereocenters. The lowest BCUT2D eigenvalue weighted by Crippen LogP contribution is -2.29. The Morgan fingerprint density at radius 1 is 1.28 bits per heavy atom. The third kappa shape index (κ3) is 3.31. The van der Waals surface area contributed by atoms with Crippen LogP contribution in [0.15, 0.2) is 35.8 Å². The van der Waals surface area contributed by atoms with Crippen molar-refractivity contribution in [2.24, 2.45) is 0 Å². The van der Waals surface area contributed by atoms with E-state index in [2.05, 4.69) is 41.2 Å². The Kier molecular flexibility index (Phi) is 4.33. The maximum absolute atomic E-state index is 5.91. The van der Waals surface area contributed by atoms with Crippen LogP contribution in [0.2, 0.25) is 0 Å². The van der Waals surface area contributed by atoms with Gasteiger partial charge in [-0.25, -0.2) is 4.98 Å². The lowest BCUT2D eigenvalue weighted by Gasteiger charge is -2.26. The smallest absolute Gasteiger partial charge is 0.127 e. The fourth-order valence-corrected chi connectivity index (χ4v) is 2.56. The van der Waals surface area contributed by atoms with E-state index in [9.17, 15) is 0 Å². The lowest BCUT2D eigenvalue weighted by molar-refractivity contribution is 0.206. The van der Waals surface area contributed by atoms with Crippen molar-refractivity contribution in [2.75, 3.05) is 5.73 Å². The first-order valence-corrected chi connectivity index (χ1v) is 7.00. The van der Waals surface area contributed by atoms with Crippen LogP contribution in [0.1, 0.15) is 24.3 Å². The molecule has 0 spiro atoms. The first-order chi connectivity index (χ1) is 8.66. The highest BCUT2D eigenvalue weighted by Crippen LogP contribution is 2.18. The van der Waals surface area contributed by atoms with E-state index in [-0.39, 0.29) is 0 Å². The van der Waals surface area contributed by atoms with Crippen molar-refractivity contribution in [1.29, 1.82) is 0 Å². The second-order valence-corrected chi connectivity index (χ2v) is 5.66. The zero-order valence-corrected chi connectivity index (χ0v) is 11.7. The highest BCUT2D eigenvalue weighted by Gasteiger charge is 2.13. The summed E-state index contributed by atoms with van der Waals surface area (Å²) in [6, 6.07) is 8.73. The van der Waals surface area contributed by atoms with Crippen LogP contribution < -0.4 is 5.73 Å². The third-order valence-corrected chi connectivity index (χ3v) is 3.83. The van der Waals surface area contributed by atoms with Gasteiger partial charge in [-0.2, -0.15) is 0 Å². The van der Waals surface area contributed by atoms with Gasteiger partial charge in [-0.1, -0.05) is 12.1 Å². The zero-order valence-electron chi connectivity index (χ0n) is 10.8. The largest absolute Gasteiger partial charge is 0.383 e. The highest BCUT2D eigenvalue weighted by atomic mass is 32.1. The molecule has 0 bridgehead atoms. The van der Waals surface area contributed by atoms with Gasteiger partial charge >= 0.3 is 0 Å². The number of nitrogens with zero attached hydrogens (tertiary/aromatic N) is 2. The fourth-order valence-electron chi connectivity index (χ4n) is 1.83. The molecule has 18 heavy (non-hydrogen) atoms. The second-order valence-electron chi connectivity index (χ2n) is 4.63. The van der Waals surface area contributed by atoms with Gasteiger partial charge in [-0.15, -0.1) is 11.3 Å². The minimum Gasteiger partial charge on any atom is -0.383 e. The average molecular weight is 261 g/mol. The summed E-state index contributed by atoms with van der Waals surface area (Å²) in [4.78, 5) is 7.92. The molecule has 0 saturated carbocycles. The SMILES string of the molecule is CC(C)N(Cc1cccs1)Cc1cccnc1N. The number of hydrogen-bond donors (Lipinski definition) is 1. The molecule has 0 aliphatic heterocycles. The molecule has 0 unspecified atom stereocenters. The molecule has 96 valence electrons. The van der Waals surface area contributed by atoms with E-state index in [1.807, 2.05) is 12.1 Å². The molecule has 2 N–H and O–H groups in total. The van der Waals surface area contributed by atoms with Crippen molar-refractivity contribution >= 4 is 17.2 Å². The monoisotopic (exact) mass is 261 g/mol. The Morgan fingerprint density at radius 2 is 2.11 bits per heavy atom. The van der Waals surface area contributed by atoms with Crippen molar-refractivity contribution in [2.45, 2.75) is 33.0 Å². The number of nitrogen functional groups attached to an aromatic ring is 1. The number of aromatic nitrogens is 1. The van der Waals surface area contributed by atoms with Gasteiger partial charge in [0.15, 0.2) is 0 Å². The number of pyridine rings is 1. The zero-order chi connectivity index (χ0) is 13.0. The van der Waals surface area contributed by atoms with Crippen LogP contribution in [0.3, 0.4) is 0 Å². The summed E-state index contributed by atoms with van der Waals surface area (Å²) in [7, 11) is 0. The molecule has 3 nitrogen and oxygen atoms in total. The number of anilines is 1. The molecule has 0 aromatic carbocycles. The summed E-state index contributed by atoms with van der Waals surface area (Å²) < 4.78 is 0. The Morgan fingerprint density at radius 3 is 2.72 bits per heavy atom. The van der Waals surface area contributed by atoms with E-state index >= 15 is 0 Å². The Balaban J connectivity index is 2.09. The van der Waals surface area contributed by atoms with Gasteiger partial charge in [-0.3, -0.25) is 4.90 Å². The molecule has 4 heteroatoms. The summed E-state index contributed by atoms with van der Waals surface area (Å²) >= 11 is 1.79. The first-order valence-electron chi connectivity index (χ1n) is 6.12. The van der Waals surface area contributed by atoms with Crippen LogP contribution in [0.5, 0.6) is 0 Å². The van der Waals surface area contributed by atoms with Crippen molar-refractivity contribution in [3.05, 3.63) is 46.3 Å². The molecule has 2 heterocycles. The Bertz CT molecular complexity index is 480. The van der Waals surface area contributed by atoms with Crippen LogP contribution >= 0.6 is 11.3 Å². The normalized spacial score (nSPS) is 11.3. The highest BCUT2D eigenvalue weighted by molar-refractivity contribution is 7.09. The Labute approximate surface area is 112 Å². The van der Waals surface area contributed by atoms with Gasteiger partial charge < -0.3 is 5.73 Å². The van der Waals surface area contributed by atoms with Crippen molar-refractivity contribution < 1.29 is 0 Å². The van der Waals surface area contributed by atoms with Crippen LogP contribution in [-0.2, 0) is 13.1 Å². The standard InChI is InChI=1S/C14H19N3S/c1-11(2)17(10-13-6-4-8-18-13)9-12-5-3-7-16-14(12)15/h3-8,11H,9-10H2,1-2H3,(H2,15,16). The molecule has 2 aromatic rings. The third-order valence-electron chi connectivity index (χ3n) is 2.97. The van der Waals surface area contributed by atoms with Gasteiger partial charge in [0.1, 0.15) is 5.82 Å². The van der Waals surface area contributed by atoms with Crippen LogP contribution in [0, 0.1) is 0 Å². The maximum Gasteiger partial charge on any atom is 0.127 e. The van der Waals surface area contributed by atoms with Crippen molar-refractivity contribution in [1.82, 2.24) is 9.88 Å². The minimum absolute atomic E-state index is 0.478. The van der Waals surface area contributed by atoms with Gasteiger partial charge in [-0.05, 0) is 31.4 Å². The van der Waals surface area contributed by atoms with Crippen LogP contribution in [0.25, 0.3) is 0 Å². The van der Waals surface area contributed by atoms with E-state index in [0.717, 1.165) is 18.7 Å². The van der Waals surface area contributed by atoms with Crippen LogP contribution in [-0.4, -0.2) is 15.9 Å². The van der Waals surface area contributed by atoms with E-state index in [1.165, 1.54) is 4.88 Å². The summed E-state index contributed by atoms with van der Waals surface area (Å²) in [5.41, 5.74) is 7.01. The lowest BCUT2D eigenvalue weighted by atomic mass is 10.2. The molecule has 0 amide bonds. The predicted octanol–water partition coefficient (Wildman–Crippen LogP) is 3.14. The molecule has 0 aliphatic rings. The van der Waals surface area contributed by atoms with Gasteiger partial charge in [0, 0.05) is 35.8 Å². The van der Waals surface area contributed by atoms with Crippen LogP contribution in [0.4, 0.5) is 5.82 Å². The van der Waals surface area contributed by atoms with Crippen molar-refractivity contribution in [3.63, 3.8) is 0 Å². The van der Waals surface area contributed by atoms with E-state index in [0.29, 0.717) is 11.9 Å². The minimum atomic E-state index is 0.478. The molecular weight excluding hydrogens is 242 g/mol. The van der Waals surface area contributed by atoms with E-state index in [1.54, 1.807) is 17.5 Å². The quantitative estimate of drug-likeness (QED) is 0.899. The molecule has 0 aliphatic carbocycles. The molecule has 2 aromatic heterocycles. The summed E-state index contributed by atoms with van der Waals surface area (Å²) in [6.45, 7) is 6.22. The van der Waals surface area contributed by atoms with Gasteiger partial charge in [0.25, 0.3) is 0 Å².